The summed E-state index contributed by atoms with van der Waals surface area (Å²) in [5, 5.41) is 11.0. The highest BCUT2D eigenvalue weighted by molar-refractivity contribution is 5.27. The van der Waals surface area contributed by atoms with Crippen molar-refractivity contribution in [3.05, 3.63) is 41.3 Å². The van der Waals surface area contributed by atoms with Crippen LogP contribution in [0.25, 0.3) is 0 Å². The monoisotopic (exact) mass is 231 g/mol. The Hall–Kier alpha value is -1.84. The summed E-state index contributed by atoms with van der Waals surface area (Å²) in [5.41, 5.74) is 2.45. The Kier molecular flexibility index (Phi) is 3.42. The molecule has 0 spiro atoms. The minimum Gasteiger partial charge on any atom is -0.408 e. The van der Waals surface area contributed by atoms with Gasteiger partial charge in [0.05, 0.1) is 0 Å². The quantitative estimate of drug-likeness (QED) is 0.878. The third-order valence-electron chi connectivity index (χ3n) is 2.46. The van der Waals surface area contributed by atoms with Gasteiger partial charge >= 0.3 is 6.01 Å². The second-order valence-electron chi connectivity index (χ2n) is 4.44. The van der Waals surface area contributed by atoms with Crippen molar-refractivity contribution in [3.63, 3.8) is 0 Å². The van der Waals surface area contributed by atoms with E-state index in [-0.39, 0.29) is 5.92 Å². The Morgan fingerprint density at radius 2 is 2.12 bits per heavy atom. The molecule has 1 aromatic heterocycles. The lowest BCUT2D eigenvalue weighted by molar-refractivity contribution is 0.480. The van der Waals surface area contributed by atoms with E-state index in [1.54, 1.807) is 0 Å². The summed E-state index contributed by atoms with van der Waals surface area (Å²) < 4.78 is 5.46. The number of aromatic nitrogens is 2. The standard InChI is InChI=1S/C13H17N3O/c1-9(2)12-15-16-13(17-12)14-8-11-6-4-5-10(3)7-11/h4-7,9H,8H2,1-3H3,(H,14,16). The van der Waals surface area contributed by atoms with Crippen LogP contribution in [0.1, 0.15) is 36.8 Å². The summed E-state index contributed by atoms with van der Waals surface area (Å²) in [6, 6.07) is 8.80. The number of rotatable bonds is 4. The molecule has 1 heterocycles. The van der Waals surface area contributed by atoms with Gasteiger partial charge < -0.3 is 9.73 Å². The molecule has 0 aliphatic carbocycles. The first kappa shape index (κ1) is 11.6. The zero-order chi connectivity index (χ0) is 12.3. The van der Waals surface area contributed by atoms with Crippen LogP contribution in [0.3, 0.4) is 0 Å². The normalized spacial score (nSPS) is 10.8. The van der Waals surface area contributed by atoms with E-state index in [9.17, 15) is 0 Å². The number of nitrogens with one attached hydrogen (secondary N) is 1. The zero-order valence-corrected chi connectivity index (χ0v) is 10.4. The summed E-state index contributed by atoms with van der Waals surface area (Å²) in [6.45, 7) is 6.82. The van der Waals surface area contributed by atoms with Gasteiger partial charge in [-0.15, -0.1) is 5.10 Å². The maximum absolute atomic E-state index is 5.46. The lowest BCUT2D eigenvalue weighted by Gasteiger charge is -2.02. The SMILES string of the molecule is Cc1cccc(CNc2nnc(C(C)C)o2)c1. The Balaban J connectivity index is 1.97. The molecule has 0 aliphatic rings. The molecule has 2 rings (SSSR count). The molecule has 1 N–H and O–H groups in total. The summed E-state index contributed by atoms with van der Waals surface area (Å²) in [4.78, 5) is 0. The number of benzene rings is 1. The van der Waals surface area contributed by atoms with Gasteiger partial charge in [0, 0.05) is 12.5 Å². The van der Waals surface area contributed by atoms with Crippen LogP contribution in [-0.2, 0) is 6.54 Å². The maximum Gasteiger partial charge on any atom is 0.315 e. The molecule has 4 heteroatoms. The first-order chi connectivity index (χ1) is 8.15. The highest BCUT2D eigenvalue weighted by Crippen LogP contribution is 2.15. The van der Waals surface area contributed by atoms with Gasteiger partial charge in [-0.1, -0.05) is 48.8 Å². The number of hydrogen-bond donors (Lipinski definition) is 1. The van der Waals surface area contributed by atoms with Crippen molar-refractivity contribution in [2.24, 2.45) is 0 Å². The number of nitrogens with zero attached hydrogens (tertiary/aromatic N) is 2. The van der Waals surface area contributed by atoms with E-state index in [0.29, 0.717) is 18.5 Å². The molecule has 0 bridgehead atoms. The third kappa shape index (κ3) is 3.06. The molecule has 0 radical (unpaired) electrons. The van der Waals surface area contributed by atoms with Crippen molar-refractivity contribution in [1.29, 1.82) is 0 Å². The van der Waals surface area contributed by atoms with Gasteiger partial charge in [0.15, 0.2) is 0 Å². The molecule has 1 aromatic carbocycles. The van der Waals surface area contributed by atoms with Crippen LogP contribution in [-0.4, -0.2) is 10.2 Å². The Bertz CT molecular complexity index is 491. The molecule has 0 atom stereocenters. The fourth-order valence-electron chi connectivity index (χ4n) is 1.54. The van der Waals surface area contributed by atoms with E-state index in [1.807, 2.05) is 19.9 Å². The first-order valence-corrected chi connectivity index (χ1v) is 5.78. The Morgan fingerprint density at radius 3 is 2.76 bits per heavy atom. The molecule has 0 fully saturated rings. The van der Waals surface area contributed by atoms with Crippen molar-refractivity contribution in [2.45, 2.75) is 33.2 Å². The minimum absolute atomic E-state index is 0.261. The molecular weight excluding hydrogens is 214 g/mol. The van der Waals surface area contributed by atoms with Crippen molar-refractivity contribution >= 4 is 6.01 Å². The second kappa shape index (κ2) is 4.99. The fourth-order valence-corrected chi connectivity index (χ4v) is 1.54. The summed E-state index contributed by atoms with van der Waals surface area (Å²) in [6.07, 6.45) is 0. The smallest absolute Gasteiger partial charge is 0.315 e. The van der Waals surface area contributed by atoms with Crippen molar-refractivity contribution in [3.8, 4) is 0 Å². The maximum atomic E-state index is 5.46. The average Bonchev–Trinajstić information content (AvgIpc) is 2.75. The molecule has 0 unspecified atom stereocenters. The van der Waals surface area contributed by atoms with Crippen molar-refractivity contribution < 1.29 is 4.42 Å². The summed E-state index contributed by atoms with van der Waals surface area (Å²) in [7, 11) is 0. The van der Waals surface area contributed by atoms with E-state index in [0.717, 1.165) is 0 Å². The minimum atomic E-state index is 0.261. The lowest BCUT2D eigenvalue weighted by atomic mass is 10.1. The Morgan fingerprint density at radius 1 is 1.29 bits per heavy atom. The highest BCUT2D eigenvalue weighted by atomic mass is 16.4. The largest absolute Gasteiger partial charge is 0.408 e. The topological polar surface area (TPSA) is 51.0 Å². The third-order valence-corrected chi connectivity index (χ3v) is 2.46. The average molecular weight is 231 g/mol. The van der Waals surface area contributed by atoms with Gasteiger partial charge in [0.25, 0.3) is 0 Å². The van der Waals surface area contributed by atoms with Gasteiger partial charge in [-0.2, -0.15) is 0 Å². The van der Waals surface area contributed by atoms with Crippen molar-refractivity contribution in [1.82, 2.24) is 10.2 Å². The summed E-state index contributed by atoms with van der Waals surface area (Å²) >= 11 is 0. The molecule has 0 saturated carbocycles. The van der Waals surface area contributed by atoms with Gasteiger partial charge in [0.2, 0.25) is 5.89 Å². The number of aryl methyl sites for hydroxylation is 1. The van der Waals surface area contributed by atoms with E-state index in [2.05, 4.69) is 40.6 Å². The molecule has 90 valence electrons. The molecule has 0 saturated heterocycles. The predicted molar refractivity (Wildman–Crippen MR) is 66.9 cm³/mol. The lowest BCUT2D eigenvalue weighted by Crippen LogP contribution is -1.99. The van der Waals surface area contributed by atoms with E-state index < -0.39 is 0 Å². The van der Waals surface area contributed by atoms with Gasteiger partial charge in [0.1, 0.15) is 0 Å². The van der Waals surface area contributed by atoms with E-state index in [1.165, 1.54) is 11.1 Å². The van der Waals surface area contributed by atoms with Crippen LogP contribution < -0.4 is 5.32 Å². The van der Waals surface area contributed by atoms with E-state index >= 15 is 0 Å². The molecule has 17 heavy (non-hydrogen) atoms. The van der Waals surface area contributed by atoms with Crippen LogP contribution in [0.15, 0.2) is 28.7 Å². The zero-order valence-electron chi connectivity index (χ0n) is 10.4. The summed E-state index contributed by atoms with van der Waals surface area (Å²) in [5.74, 6) is 0.925. The van der Waals surface area contributed by atoms with Crippen molar-refractivity contribution in [2.75, 3.05) is 5.32 Å². The van der Waals surface area contributed by atoms with Crippen LogP contribution >= 0.6 is 0 Å². The molecule has 4 nitrogen and oxygen atoms in total. The van der Waals surface area contributed by atoms with Crippen LogP contribution in [0, 0.1) is 6.92 Å². The first-order valence-electron chi connectivity index (χ1n) is 5.78. The van der Waals surface area contributed by atoms with Crippen LogP contribution in [0.5, 0.6) is 0 Å². The molecule has 2 aromatic rings. The number of anilines is 1. The van der Waals surface area contributed by atoms with Crippen LogP contribution in [0.4, 0.5) is 6.01 Å². The highest BCUT2D eigenvalue weighted by Gasteiger charge is 2.08. The van der Waals surface area contributed by atoms with E-state index in [4.69, 9.17) is 4.42 Å². The van der Waals surface area contributed by atoms with Crippen LogP contribution in [0.2, 0.25) is 0 Å². The fraction of sp³-hybridized carbons (Fsp3) is 0.385. The molecule has 0 aliphatic heterocycles. The van der Waals surface area contributed by atoms with Gasteiger partial charge in [-0.3, -0.25) is 0 Å². The predicted octanol–water partition coefficient (Wildman–Crippen LogP) is 3.11. The Labute approximate surface area is 101 Å². The van der Waals surface area contributed by atoms with Gasteiger partial charge in [-0.25, -0.2) is 0 Å². The number of hydrogen-bond acceptors (Lipinski definition) is 4. The molecular formula is C13H17N3O. The molecule has 0 amide bonds. The second-order valence-corrected chi connectivity index (χ2v) is 4.44. The van der Waals surface area contributed by atoms with Gasteiger partial charge in [-0.05, 0) is 12.5 Å².